The number of hydrogen-bond donors (Lipinski definition) is 3. The van der Waals surface area contributed by atoms with Gasteiger partial charge in [-0.1, -0.05) is 0 Å². The average Bonchev–Trinajstić information content (AvgIpc) is 3.60. The van der Waals surface area contributed by atoms with Gasteiger partial charge in [0, 0.05) is 53.1 Å². The predicted octanol–water partition coefficient (Wildman–Crippen LogP) is 2.23. The van der Waals surface area contributed by atoms with E-state index in [2.05, 4.69) is 0 Å². The molecule has 11 nitrogen and oxygen atoms in total. The standard InChI is InChI=1S/C26H29N7O4S/c1-25(13-36-14-25)33(26(27,28)29)24(34)22-19-11-37-21-9-20(35-3)17(15-4-6-31(2)10-15)8-18(21)23(19)32(30-22)16-5-7-38-12-16/h4-10,12H,11,13-14,27-29H2,1-3H3. The molecule has 0 saturated carbocycles. The monoisotopic (exact) mass is 535 g/mol. The highest BCUT2D eigenvalue weighted by Crippen LogP contribution is 2.46. The Morgan fingerprint density at radius 3 is 2.61 bits per heavy atom. The van der Waals surface area contributed by atoms with Gasteiger partial charge in [0.1, 0.15) is 18.1 Å². The van der Waals surface area contributed by atoms with Crippen LogP contribution in [0.25, 0.3) is 28.1 Å². The van der Waals surface area contributed by atoms with Crippen LogP contribution in [0.2, 0.25) is 0 Å². The molecule has 12 heteroatoms. The molecule has 1 aromatic carbocycles. The van der Waals surface area contributed by atoms with Crippen LogP contribution in [-0.2, 0) is 18.4 Å². The van der Waals surface area contributed by atoms with Crippen LogP contribution >= 0.6 is 11.3 Å². The zero-order valence-corrected chi connectivity index (χ0v) is 22.1. The fourth-order valence-electron chi connectivity index (χ4n) is 5.19. The molecule has 0 aliphatic carbocycles. The minimum atomic E-state index is -1.92. The normalized spacial score (nSPS) is 15.7. The van der Waals surface area contributed by atoms with E-state index in [0.29, 0.717) is 17.1 Å². The quantitative estimate of drug-likeness (QED) is 0.318. The number of nitrogens with zero attached hydrogens (tertiary/aromatic N) is 4. The van der Waals surface area contributed by atoms with Crippen molar-refractivity contribution < 1.29 is 19.0 Å². The van der Waals surface area contributed by atoms with E-state index in [-0.39, 0.29) is 25.5 Å². The lowest BCUT2D eigenvalue weighted by atomic mass is 9.94. The van der Waals surface area contributed by atoms with Crippen LogP contribution in [0.5, 0.6) is 11.5 Å². The Bertz CT molecular complexity index is 1530. The molecule has 6 rings (SSSR count). The molecule has 5 heterocycles. The Morgan fingerprint density at radius 2 is 2.03 bits per heavy atom. The Labute approximate surface area is 223 Å². The molecule has 3 aromatic heterocycles. The van der Waals surface area contributed by atoms with Gasteiger partial charge in [-0.05, 0) is 30.5 Å². The first-order valence-electron chi connectivity index (χ1n) is 12.0. The van der Waals surface area contributed by atoms with Crippen LogP contribution in [0.1, 0.15) is 23.0 Å². The van der Waals surface area contributed by atoms with E-state index in [9.17, 15) is 4.79 Å². The average molecular weight is 536 g/mol. The number of amides is 1. The number of carbonyl (C=O) groups excluding carboxylic acids is 1. The summed E-state index contributed by atoms with van der Waals surface area (Å²) in [4.78, 5) is 15.3. The van der Waals surface area contributed by atoms with E-state index in [0.717, 1.165) is 28.1 Å². The second-order valence-corrected chi connectivity index (χ2v) is 10.8. The van der Waals surface area contributed by atoms with Crippen molar-refractivity contribution in [1.82, 2.24) is 19.2 Å². The van der Waals surface area contributed by atoms with Crippen LogP contribution < -0.4 is 26.7 Å². The molecule has 0 radical (unpaired) electrons. The van der Waals surface area contributed by atoms with Gasteiger partial charge >= 0.3 is 0 Å². The second kappa shape index (κ2) is 8.68. The summed E-state index contributed by atoms with van der Waals surface area (Å²) in [6, 6.07) is 7.85. The predicted molar refractivity (Wildman–Crippen MR) is 143 cm³/mol. The van der Waals surface area contributed by atoms with Crippen molar-refractivity contribution in [1.29, 1.82) is 0 Å². The number of fused-ring (bicyclic) bond motifs is 3. The number of methoxy groups -OCH3 is 1. The molecule has 0 atom stereocenters. The van der Waals surface area contributed by atoms with Gasteiger partial charge in [0.2, 0.25) is 5.91 Å². The number of aromatic nitrogens is 3. The van der Waals surface area contributed by atoms with Gasteiger partial charge in [0.15, 0.2) is 5.69 Å². The summed E-state index contributed by atoms with van der Waals surface area (Å²) < 4.78 is 21.0. The number of benzene rings is 1. The molecule has 198 valence electrons. The molecule has 1 amide bonds. The van der Waals surface area contributed by atoms with Gasteiger partial charge in [-0.3, -0.25) is 26.9 Å². The summed E-state index contributed by atoms with van der Waals surface area (Å²) in [7, 11) is 3.59. The molecule has 0 spiro atoms. The van der Waals surface area contributed by atoms with Gasteiger partial charge in [0.25, 0.3) is 5.91 Å². The lowest BCUT2D eigenvalue weighted by Crippen LogP contribution is -2.79. The molecule has 38 heavy (non-hydrogen) atoms. The van der Waals surface area contributed by atoms with Crippen molar-refractivity contribution in [2.45, 2.75) is 25.0 Å². The van der Waals surface area contributed by atoms with Gasteiger partial charge in [-0.15, -0.1) is 0 Å². The van der Waals surface area contributed by atoms with E-state index >= 15 is 0 Å². The third-order valence-electron chi connectivity index (χ3n) is 6.96. The first kappa shape index (κ1) is 24.6. The maximum atomic E-state index is 14.1. The number of aryl methyl sites for hydroxylation is 1. The van der Waals surface area contributed by atoms with Crippen LogP contribution in [-0.4, -0.2) is 56.9 Å². The number of carbonyl (C=O) groups is 1. The van der Waals surface area contributed by atoms with Gasteiger partial charge in [-0.25, -0.2) is 4.68 Å². The minimum absolute atomic E-state index is 0.120. The third kappa shape index (κ3) is 3.80. The molecule has 1 saturated heterocycles. The first-order chi connectivity index (χ1) is 18.1. The Morgan fingerprint density at radius 1 is 1.24 bits per heavy atom. The summed E-state index contributed by atoms with van der Waals surface area (Å²) in [5, 5.41) is 8.72. The maximum absolute atomic E-state index is 14.1. The Hall–Kier alpha value is -3.68. The fourth-order valence-corrected chi connectivity index (χ4v) is 5.81. The summed E-state index contributed by atoms with van der Waals surface area (Å²) >= 11 is 1.53. The third-order valence-corrected chi connectivity index (χ3v) is 7.64. The van der Waals surface area contributed by atoms with Crippen molar-refractivity contribution >= 4 is 17.2 Å². The lowest BCUT2D eigenvalue weighted by molar-refractivity contribution is -0.143. The molecule has 6 N–H and O–H groups in total. The highest BCUT2D eigenvalue weighted by molar-refractivity contribution is 7.08. The SMILES string of the molecule is COc1cc2c(cc1-c1ccn(C)c1)-c1c(c(C(=O)N(C(N)(N)N)C3(C)COC3)nn1-c1ccsc1)CO2. The summed E-state index contributed by atoms with van der Waals surface area (Å²) in [6.07, 6.45) is 3.99. The van der Waals surface area contributed by atoms with Gasteiger partial charge in [0.05, 0.1) is 37.2 Å². The molecular formula is C26H29N7O4S. The highest BCUT2D eigenvalue weighted by atomic mass is 32.1. The molecule has 0 bridgehead atoms. The van der Waals surface area contributed by atoms with Crippen LogP contribution in [0, 0.1) is 0 Å². The van der Waals surface area contributed by atoms with Crippen LogP contribution in [0.4, 0.5) is 0 Å². The van der Waals surface area contributed by atoms with E-state index in [1.54, 1.807) is 11.8 Å². The van der Waals surface area contributed by atoms with Crippen molar-refractivity contribution in [3.05, 3.63) is 58.7 Å². The highest BCUT2D eigenvalue weighted by Gasteiger charge is 2.50. The number of nitrogens with two attached hydrogens (primary N) is 3. The minimum Gasteiger partial charge on any atom is -0.496 e. The van der Waals surface area contributed by atoms with Crippen molar-refractivity contribution in [2.24, 2.45) is 24.2 Å². The smallest absolute Gasteiger partial charge is 0.278 e. The van der Waals surface area contributed by atoms with E-state index < -0.39 is 17.4 Å². The van der Waals surface area contributed by atoms with Crippen LogP contribution in [0.3, 0.4) is 0 Å². The molecule has 4 aromatic rings. The zero-order chi connectivity index (χ0) is 26.8. The largest absolute Gasteiger partial charge is 0.496 e. The van der Waals surface area contributed by atoms with Crippen LogP contribution in [0.15, 0.2) is 47.4 Å². The summed E-state index contributed by atoms with van der Waals surface area (Å²) in [5.41, 5.74) is 22.6. The van der Waals surface area contributed by atoms with Gasteiger partial charge < -0.3 is 18.8 Å². The lowest BCUT2D eigenvalue weighted by Gasteiger charge is -2.51. The Balaban J connectivity index is 1.57. The molecule has 0 unspecified atom stereocenters. The number of thiophene rings is 1. The molecule has 1 fully saturated rings. The summed E-state index contributed by atoms with van der Waals surface area (Å²) in [6.45, 7) is 2.48. The van der Waals surface area contributed by atoms with Crippen molar-refractivity contribution in [2.75, 3.05) is 20.3 Å². The number of rotatable bonds is 6. The topological polar surface area (TPSA) is 149 Å². The van der Waals surface area contributed by atoms with Crippen molar-refractivity contribution in [3.8, 4) is 39.6 Å². The Kier molecular flexibility index (Phi) is 5.63. The molecular weight excluding hydrogens is 506 g/mol. The van der Waals surface area contributed by atoms with Gasteiger partial charge in [-0.2, -0.15) is 16.4 Å². The molecule has 2 aliphatic heterocycles. The van der Waals surface area contributed by atoms with Crippen molar-refractivity contribution in [3.63, 3.8) is 0 Å². The summed E-state index contributed by atoms with van der Waals surface area (Å²) in [5.74, 6) is -1.10. The number of ether oxygens (including phenoxy) is 3. The maximum Gasteiger partial charge on any atom is 0.278 e. The number of hydrogen-bond acceptors (Lipinski definition) is 9. The first-order valence-corrected chi connectivity index (χ1v) is 13.0. The molecule has 2 aliphatic rings. The van der Waals surface area contributed by atoms with E-state index in [4.69, 9.17) is 36.5 Å². The zero-order valence-electron chi connectivity index (χ0n) is 21.3. The van der Waals surface area contributed by atoms with E-state index in [1.165, 1.54) is 16.2 Å². The fraction of sp³-hybridized carbons (Fsp3) is 0.308. The van der Waals surface area contributed by atoms with E-state index in [1.807, 2.05) is 66.0 Å². The second-order valence-electron chi connectivity index (χ2n) is 9.99.